The lowest BCUT2D eigenvalue weighted by atomic mass is 9.65. The van der Waals surface area contributed by atoms with Gasteiger partial charge >= 0.3 is 0 Å². The second-order valence-corrected chi connectivity index (χ2v) is 10.1. The van der Waals surface area contributed by atoms with Crippen molar-refractivity contribution in [3.63, 3.8) is 0 Å². The summed E-state index contributed by atoms with van der Waals surface area (Å²) in [6, 6.07) is 5.69. The van der Waals surface area contributed by atoms with Crippen LogP contribution in [-0.2, 0) is 23.1 Å². The fourth-order valence-corrected chi connectivity index (χ4v) is 6.59. The van der Waals surface area contributed by atoms with E-state index in [9.17, 15) is 13.5 Å². The summed E-state index contributed by atoms with van der Waals surface area (Å²) in [7, 11) is -3.48. The second-order valence-electron chi connectivity index (χ2n) is 8.44. The van der Waals surface area contributed by atoms with E-state index in [2.05, 4.69) is 29.5 Å². The number of phenolic OH excluding ortho intramolecular Hbond substituents is 1. The molecule has 1 aromatic carbocycles. The van der Waals surface area contributed by atoms with E-state index in [1.807, 2.05) is 19.9 Å². The Bertz CT molecular complexity index is 794. The number of phenols is 1. The normalized spacial score (nSPS) is 28.2. The van der Waals surface area contributed by atoms with Crippen LogP contribution in [0.4, 0.5) is 0 Å². The monoisotopic (exact) mass is 409 g/mol. The molecule has 1 fully saturated rings. The molecule has 2 N–H and O–H groups in total. The molecule has 1 saturated heterocycles. The van der Waals surface area contributed by atoms with Crippen LogP contribution < -0.4 is 4.72 Å². The highest BCUT2D eigenvalue weighted by atomic mass is 32.2. The quantitative estimate of drug-likeness (QED) is 0.726. The minimum Gasteiger partial charge on any atom is -0.508 e. The van der Waals surface area contributed by atoms with Crippen molar-refractivity contribution in [2.24, 2.45) is 5.92 Å². The zero-order valence-corrected chi connectivity index (χ0v) is 18.4. The molecule has 0 aromatic heterocycles. The zero-order valence-electron chi connectivity index (χ0n) is 17.6. The van der Waals surface area contributed by atoms with Crippen molar-refractivity contribution in [3.05, 3.63) is 29.3 Å². The molecule has 0 spiro atoms. The number of nitrogens with one attached hydrogen (secondary N) is 1. The molecule has 28 heavy (non-hydrogen) atoms. The smallest absolute Gasteiger partial charge is 0.279 e. The van der Waals surface area contributed by atoms with Gasteiger partial charge in [-0.25, -0.2) is 0 Å². The Balaban J connectivity index is 1.88. The van der Waals surface area contributed by atoms with Crippen molar-refractivity contribution >= 4 is 10.2 Å². The van der Waals surface area contributed by atoms with E-state index in [0.29, 0.717) is 24.8 Å². The molecule has 0 bridgehead atoms. The lowest BCUT2D eigenvalue weighted by molar-refractivity contribution is -0.0108. The SMILES string of the molecule is CCCN1C[C@@H](NS(=O)(=O)N(CC)CC)C[C@@H]2Cc3c(O)cccc3C[C@]21C. The number of aromatic hydroxyl groups is 1. The van der Waals surface area contributed by atoms with Crippen molar-refractivity contribution in [3.8, 4) is 5.75 Å². The average molecular weight is 410 g/mol. The predicted octanol–water partition coefficient (Wildman–Crippen LogP) is 2.53. The van der Waals surface area contributed by atoms with E-state index in [-0.39, 0.29) is 11.6 Å². The third-order valence-corrected chi connectivity index (χ3v) is 8.54. The van der Waals surface area contributed by atoms with Crippen LogP contribution in [0.25, 0.3) is 0 Å². The van der Waals surface area contributed by atoms with Crippen molar-refractivity contribution in [1.82, 2.24) is 13.9 Å². The number of benzene rings is 1. The number of nitrogens with zero attached hydrogens (tertiary/aromatic N) is 2. The Morgan fingerprint density at radius 1 is 1.29 bits per heavy atom. The van der Waals surface area contributed by atoms with Gasteiger partial charge < -0.3 is 5.11 Å². The van der Waals surface area contributed by atoms with Gasteiger partial charge in [0.15, 0.2) is 0 Å². The van der Waals surface area contributed by atoms with Gasteiger partial charge in [-0.15, -0.1) is 0 Å². The van der Waals surface area contributed by atoms with Gasteiger partial charge in [0, 0.05) is 31.2 Å². The molecule has 0 radical (unpaired) electrons. The zero-order chi connectivity index (χ0) is 20.5. The van der Waals surface area contributed by atoms with Crippen LogP contribution >= 0.6 is 0 Å². The van der Waals surface area contributed by atoms with Gasteiger partial charge in [0.1, 0.15) is 5.75 Å². The van der Waals surface area contributed by atoms with E-state index in [0.717, 1.165) is 44.3 Å². The molecule has 6 nitrogen and oxygen atoms in total. The van der Waals surface area contributed by atoms with Crippen LogP contribution in [0.1, 0.15) is 51.7 Å². The maximum absolute atomic E-state index is 12.8. The first-order valence-electron chi connectivity index (χ1n) is 10.6. The summed E-state index contributed by atoms with van der Waals surface area (Å²) in [6.45, 7) is 10.8. The van der Waals surface area contributed by atoms with Crippen LogP contribution in [0.5, 0.6) is 5.75 Å². The standard InChI is InChI=1S/C21H35N3O3S/c1-5-11-23-15-18(22-28(26,27)24(6-2)7-3)12-17-13-19-16(14-21(17,23)4)9-8-10-20(19)25/h8-10,17-18,22,25H,5-7,11-15H2,1-4H3/t17-,18+,21-/m1/s1. The van der Waals surface area contributed by atoms with Crippen LogP contribution in [0, 0.1) is 5.92 Å². The van der Waals surface area contributed by atoms with Crippen LogP contribution in [0.15, 0.2) is 18.2 Å². The minimum atomic E-state index is -3.48. The van der Waals surface area contributed by atoms with Gasteiger partial charge in [0.05, 0.1) is 0 Å². The number of piperidine rings is 1. The van der Waals surface area contributed by atoms with Crippen LogP contribution in [-0.4, -0.2) is 60.5 Å². The van der Waals surface area contributed by atoms with Crippen molar-refractivity contribution in [1.29, 1.82) is 0 Å². The molecule has 2 aliphatic rings. The minimum absolute atomic E-state index is 0.00601. The molecule has 0 saturated carbocycles. The number of likely N-dealkylation sites (tertiary alicyclic amines) is 1. The summed E-state index contributed by atoms with van der Waals surface area (Å²) in [5.74, 6) is 0.672. The lowest BCUT2D eigenvalue weighted by Crippen LogP contribution is -2.65. The second kappa shape index (κ2) is 8.30. The Morgan fingerprint density at radius 3 is 2.64 bits per heavy atom. The van der Waals surface area contributed by atoms with Gasteiger partial charge in [0.25, 0.3) is 10.2 Å². The predicted molar refractivity (Wildman–Crippen MR) is 113 cm³/mol. The summed E-state index contributed by atoms with van der Waals surface area (Å²) in [6.07, 6.45) is 3.52. The fourth-order valence-electron chi connectivity index (χ4n) is 5.17. The van der Waals surface area contributed by atoms with Crippen molar-refractivity contribution in [2.45, 2.75) is 65.0 Å². The Morgan fingerprint density at radius 2 is 2.00 bits per heavy atom. The van der Waals surface area contributed by atoms with E-state index in [1.54, 1.807) is 6.07 Å². The third-order valence-electron chi connectivity index (χ3n) is 6.71. The first-order valence-corrected chi connectivity index (χ1v) is 12.0. The van der Waals surface area contributed by atoms with Crippen LogP contribution in [0.2, 0.25) is 0 Å². The maximum Gasteiger partial charge on any atom is 0.279 e. The molecule has 7 heteroatoms. The van der Waals surface area contributed by atoms with Gasteiger partial charge in [-0.1, -0.05) is 32.9 Å². The highest BCUT2D eigenvalue weighted by molar-refractivity contribution is 7.87. The van der Waals surface area contributed by atoms with E-state index < -0.39 is 10.2 Å². The van der Waals surface area contributed by atoms with E-state index in [1.165, 1.54) is 9.87 Å². The fraction of sp³-hybridized carbons (Fsp3) is 0.714. The molecule has 0 unspecified atom stereocenters. The van der Waals surface area contributed by atoms with E-state index in [4.69, 9.17) is 0 Å². The first-order chi connectivity index (χ1) is 13.2. The van der Waals surface area contributed by atoms with Gasteiger partial charge in [-0.2, -0.15) is 17.4 Å². The molecular weight excluding hydrogens is 374 g/mol. The molecule has 1 heterocycles. The molecule has 1 aliphatic heterocycles. The number of hydrogen-bond donors (Lipinski definition) is 2. The summed E-state index contributed by atoms with van der Waals surface area (Å²) >= 11 is 0. The third kappa shape index (κ3) is 3.95. The van der Waals surface area contributed by atoms with Crippen molar-refractivity contribution < 1.29 is 13.5 Å². The Kier molecular flexibility index (Phi) is 6.39. The average Bonchev–Trinajstić information content (AvgIpc) is 2.62. The number of fused-ring (bicyclic) bond motifs is 2. The molecule has 158 valence electrons. The van der Waals surface area contributed by atoms with E-state index >= 15 is 0 Å². The summed E-state index contributed by atoms with van der Waals surface area (Å²) in [5, 5.41) is 10.4. The Hall–Kier alpha value is -1.15. The number of rotatable bonds is 7. The maximum atomic E-state index is 12.8. The number of hydrogen-bond acceptors (Lipinski definition) is 4. The molecule has 1 aromatic rings. The van der Waals surface area contributed by atoms with Gasteiger partial charge in [0.2, 0.25) is 0 Å². The summed E-state index contributed by atoms with van der Waals surface area (Å²) in [4.78, 5) is 2.48. The van der Waals surface area contributed by atoms with Crippen molar-refractivity contribution in [2.75, 3.05) is 26.2 Å². The molecule has 3 atom stereocenters. The van der Waals surface area contributed by atoms with Crippen LogP contribution in [0.3, 0.4) is 0 Å². The van der Waals surface area contributed by atoms with Gasteiger partial charge in [-0.3, -0.25) is 4.90 Å². The molecule has 1 aliphatic carbocycles. The first kappa shape index (κ1) is 21.6. The summed E-state index contributed by atoms with van der Waals surface area (Å²) in [5.41, 5.74) is 2.25. The highest BCUT2D eigenvalue weighted by Gasteiger charge is 2.48. The topological polar surface area (TPSA) is 72.9 Å². The summed E-state index contributed by atoms with van der Waals surface area (Å²) < 4.78 is 30.0. The van der Waals surface area contributed by atoms with Gasteiger partial charge in [-0.05, 0) is 62.3 Å². The molecular formula is C21H35N3O3S. The Labute approximate surface area is 170 Å². The molecule has 0 amide bonds. The highest BCUT2D eigenvalue weighted by Crippen LogP contribution is 2.45. The largest absolute Gasteiger partial charge is 0.508 e. The lowest BCUT2D eigenvalue weighted by Gasteiger charge is -2.55. The molecule has 3 rings (SSSR count).